The van der Waals surface area contributed by atoms with Crippen molar-refractivity contribution in [1.82, 2.24) is 15.1 Å². The summed E-state index contributed by atoms with van der Waals surface area (Å²) in [5.74, 6) is 1.10. The van der Waals surface area contributed by atoms with Crippen LogP contribution in [-0.2, 0) is 9.59 Å². The third-order valence-corrected chi connectivity index (χ3v) is 7.97. The van der Waals surface area contributed by atoms with E-state index in [0.29, 0.717) is 23.1 Å². The monoisotopic (exact) mass is 560 g/mol. The van der Waals surface area contributed by atoms with Crippen molar-refractivity contribution >= 4 is 41.0 Å². The molecule has 200 valence electrons. The normalized spacial score (nSPS) is 15.0. The second kappa shape index (κ2) is 12.0. The molecular weight excluding hydrogens is 532 g/mol. The molecule has 0 radical (unpaired) electrons. The summed E-state index contributed by atoms with van der Waals surface area (Å²) < 4.78 is 7.13. The molecule has 1 aliphatic rings. The minimum atomic E-state index is -0.242. The van der Waals surface area contributed by atoms with Gasteiger partial charge in [0.1, 0.15) is 18.1 Å². The minimum absolute atomic E-state index is 0.106. The topological polar surface area (TPSA) is 76.5 Å². The van der Waals surface area contributed by atoms with Gasteiger partial charge in [0.15, 0.2) is 0 Å². The third kappa shape index (κ3) is 5.67. The fourth-order valence-electron chi connectivity index (χ4n) is 4.63. The van der Waals surface area contributed by atoms with Crippen LogP contribution >= 0.6 is 23.4 Å². The van der Waals surface area contributed by atoms with Crippen molar-refractivity contribution in [3.63, 3.8) is 0 Å². The molecule has 1 atom stereocenters. The number of halogens is 1. The maximum Gasteiger partial charge on any atom is 0.240 e. The number of fused-ring (bicyclic) bond motifs is 1. The third-order valence-electron chi connectivity index (χ3n) is 6.48. The standard InChI is InChI=1S/C30H29ClN4O3S/c1-3-16-32-25(36)18-34-26(37)19-39-29(21-10-7-11-22(31)17-21)27-28(20-8-5-4-6-9-20)33-35(30(27)34)23-12-14-24(38-2)15-13-23/h4-15,17,29H,3,16,18-19H2,1-2H3,(H,32,36)/t29-/m0/s1. The summed E-state index contributed by atoms with van der Waals surface area (Å²) in [5.41, 5.74) is 4.23. The van der Waals surface area contributed by atoms with Gasteiger partial charge in [0.2, 0.25) is 11.8 Å². The Hall–Kier alpha value is -3.75. The van der Waals surface area contributed by atoms with Crippen LogP contribution in [-0.4, -0.2) is 47.5 Å². The van der Waals surface area contributed by atoms with E-state index >= 15 is 0 Å². The van der Waals surface area contributed by atoms with Gasteiger partial charge in [-0.3, -0.25) is 14.5 Å². The van der Waals surface area contributed by atoms with E-state index < -0.39 is 0 Å². The van der Waals surface area contributed by atoms with E-state index in [2.05, 4.69) is 5.32 Å². The summed E-state index contributed by atoms with van der Waals surface area (Å²) in [5, 5.41) is 8.37. The minimum Gasteiger partial charge on any atom is -0.497 e. The smallest absolute Gasteiger partial charge is 0.240 e. The number of methoxy groups -OCH3 is 1. The van der Waals surface area contributed by atoms with E-state index in [1.165, 1.54) is 11.8 Å². The van der Waals surface area contributed by atoms with E-state index in [1.807, 2.05) is 85.8 Å². The fraction of sp³-hybridized carbons (Fsp3) is 0.233. The number of hydrogen-bond donors (Lipinski definition) is 1. The molecule has 0 unspecified atom stereocenters. The quantitative estimate of drug-likeness (QED) is 0.290. The molecular formula is C30H29ClN4O3S. The van der Waals surface area contributed by atoms with Crippen LogP contribution in [0.4, 0.5) is 5.82 Å². The Balaban J connectivity index is 1.78. The SMILES string of the molecule is CCCNC(=O)CN1C(=O)CS[C@@H](c2cccc(Cl)c2)c2c(-c3ccccc3)nn(-c3ccc(OC)cc3)c21. The van der Waals surface area contributed by atoms with Crippen LogP contribution in [0.5, 0.6) is 5.75 Å². The zero-order valence-corrected chi connectivity index (χ0v) is 23.3. The number of ether oxygens (including phenoxy) is 1. The number of nitrogens with one attached hydrogen (secondary N) is 1. The Morgan fingerprint density at radius 2 is 1.87 bits per heavy atom. The van der Waals surface area contributed by atoms with Crippen LogP contribution < -0.4 is 15.0 Å². The van der Waals surface area contributed by atoms with Crippen LogP contribution in [0.1, 0.15) is 29.7 Å². The summed E-state index contributed by atoms with van der Waals surface area (Å²) >= 11 is 7.93. The Kier molecular flexibility index (Phi) is 8.24. The molecule has 0 saturated carbocycles. The Labute approximate surface area is 237 Å². The molecule has 9 heteroatoms. The zero-order chi connectivity index (χ0) is 27.4. The maximum atomic E-state index is 13.7. The first-order chi connectivity index (χ1) is 19.0. The van der Waals surface area contributed by atoms with Crippen LogP contribution in [0.3, 0.4) is 0 Å². The second-order valence-electron chi connectivity index (χ2n) is 9.14. The van der Waals surface area contributed by atoms with Gasteiger partial charge in [-0.15, -0.1) is 11.8 Å². The number of thioether (sulfide) groups is 1. The molecule has 1 aromatic heterocycles. The fourth-order valence-corrected chi connectivity index (χ4v) is 6.02. The Morgan fingerprint density at radius 1 is 1.10 bits per heavy atom. The molecule has 2 heterocycles. The van der Waals surface area contributed by atoms with Gasteiger partial charge in [-0.2, -0.15) is 5.10 Å². The van der Waals surface area contributed by atoms with Gasteiger partial charge in [-0.05, 0) is 48.4 Å². The number of anilines is 1. The lowest BCUT2D eigenvalue weighted by Crippen LogP contribution is -2.42. The summed E-state index contributed by atoms with van der Waals surface area (Å²) in [6, 6.07) is 25.1. The first-order valence-electron chi connectivity index (χ1n) is 12.8. The van der Waals surface area contributed by atoms with Crippen molar-refractivity contribution < 1.29 is 14.3 Å². The van der Waals surface area contributed by atoms with Crippen molar-refractivity contribution in [2.75, 3.05) is 30.9 Å². The van der Waals surface area contributed by atoms with Crippen LogP contribution in [0.25, 0.3) is 16.9 Å². The van der Waals surface area contributed by atoms with Crippen molar-refractivity contribution in [3.05, 3.63) is 95.0 Å². The van der Waals surface area contributed by atoms with Crippen molar-refractivity contribution in [2.24, 2.45) is 0 Å². The Morgan fingerprint density at radius 3 is 2.56 bits per heavy atom. The largest absolute Gasteiger partial charge is 0.497 e. The molecule has 0 fully saturated rings. The van der Waals surface area contributed by atoms with Gasteiger partial charge < -0.3 is 10.1 Å². The van der Waals surface area contributed by atoms with E-state index in [9.17, 15) is 9.59 Å². The highest BCUT2D eigenvalue weighted by Crippen LogP contribution is 2.48. The number of hydrogen-bond acceptors (Lipinski definition) is 5. The predicted octanol–water partition coefficient (Wildman–Crippen LogP) is 5.90. The van der Waals surface area contributed by atoms with E-state index in [4.69, 9.17) is 21.4 Å². The molecule has 0 spiro atoms. The molecule has 0 bridgehead atoms. The Bertz CT molecular complexity index is 1470. The summed E-state index contributed by atoms with van der Waals surface area (Å²) in [6.45, 7) is 2.43. The second-order valence-corrected chi connectivity index (χ2v) is 10.7. The average Bonchev–Trinajstić information content (AvgIpc) is 3.29. The molecule has 7 nitrogen and oxygen atoms in total. The van der Waals surface area contributed by atoms with E-state index in [-0.39, 0.29) is 29.4 Å². The van der Waals surface area contributed by atoms with Gasteiger partial charge in [-0.1, -0.05) is 61.0 Å². The van der Waals surface area contributed by atoms with E-state index in [0.717, 1.165) is 34.5 Å². The highest BCUT2D eigenvalue weighted by Gasteiger charge is 2.37. The first kappa shape index (κ1) is 26.8. The lowest BCUT2D eigenvalue weighted by Gasteiger charge is -2.23. The van der Waals surface area contributed by atoms with E-state index in [1.54, 1.807) is 16.7 Å². The molecule has 5 rings (SSSR count). The molecule has 1 N–H and O–H groups in total. The predicted molar refractivity (Wildman–Crippen MR) is 157 cm³/mol. The van der Waals surface area contributed by atoms with Gasteiger partial charge in [0.25, 0.3) is 0 Å². The lowest BCUT2D eigenvalue weighted by molar-refractivity contribution is -0.122. The van der Waals surface area contributed by atoms with Gasteiger partial charge in [0, 0.05) is 22.7 Å². The molecule has 39 heavy (non-hydrogen) atoms. The number of carbonyl (C=O) groups excluding carboxylic acids is 2. The molecule has 1 aliphatic heterocycles. The molecule has 2 amide bonds. The summed E-state index contributed by atoms with van der Waals surface area (Å²) in [6.07, 6.45) is 0.805. The lowest BCUT2D eigenvalue weighted by atomic mass is 9.99. The molecule has 0 saturated heterocycles. The van der Waals surface area contributed by atoms with Crippen molar-refractivity contribution in [1.29, 1.82) is 0 Å². The zero-order valence-electron chi connectivity index (χ0n) is 21.8. The number of rotatable bonds is 8. The van der Waals surface area contributed by atoms with Crippen molar-refractivity contribution in [3.8, 4) is 22.7 Å². The summed E-state index contributed by atoms with van der Waals surface area (Å²) in [7, 11) is 1.62. The van der Waals surface area contributed by atoms with Gasteiger partial charge in [0.05, 0.1) is 29.5 Å². The van der Waals surface area contributed by atoms with Crippen molar-refractivity contribution in [2.45, 2.75) is 18.6 Å². The van der Waals surface area contributed by atoms with Crippen LogP contribution in [0.2, 0.25) is 5.02 Å². The van der Waals surface area contributed by atoms with Gasteiger partial charge in [-0.25, -0.2) is 4.68 Å². The molecule has 4 aromatic rings. The number of nitrogens with zero attached hydrogens (tertiary/aromatic N) is 3. The first-order valence-corrected chi connectivity index (χ1v) is 14.2. The number of benzene rings is 3. The van der Waals surface area contributed by atoms with Crippen LogP contribution in [0, 0.1) is 0 Å². The summed E-state index contributed by atoms with van der Waals surface area (Å²) in [4.78, 5) is 28.2. The molecule has 3 aromatic carbocycles. The number of carbonyl (C=O) groups is 2. The number of amides is 2. The van der Waals surface area contributed by atoms with Gasteiger partial charge >= 0.3 is 0 Å². The van der Waals surface area contributed by atoms with Crippen LogP contribution in [0.15, 0.2) is 78.9 Å². The molecule has 0 aliphatic carbocycles. The number of aromatic nitrogens is 2. The maximum absolute atomic E-state index is 13.7. The average molecular weight is 561 g/mol. The highest BCUT2D eigenvalue weighted by atomic mass is 35.5. The highest BCUT2D eigenvalue weighted by molar-refractivity contribution is 8.00.